The van der Waals surface area contributed by atoms with Crippen molar-refractivity contribution in [1.29, 1.82) is 0 Å². The van der Waals surface area contributed by atoms with Crippen LogP contribution in [-0.2, 0) is 14.6 Å². The molecule has 0 radical (unpaired) electrons. The van der Waals surface area contributed by atoms with Crippen LogP contribution in [0.4, 0.5) is 0 Å². The van der Waals surface area contributed by atoms with Crippen LogP contribution in [-0.4, -0.2) is 55.5 Å². The average Bonchev–Trinajstić information content (AvgIpc) is 3.05. The highest BCUT2D eigenvalue weighted by Gasteiger charge is 2.32. The van der Waals surface area contributed by atoms with Crippen molar-refractivity contribution in [2.24, 2.45) is 0 Å². The van der Waals surface area contributed by atoms with Gasteiger partial charge in [-0.3, -0.25) is 9.59 Å². The van der Waals surface area contributed by atoms with E-state index < -0.39 is 9.84 Å². The standard InChI is InChI=1S/C20H19NO7S/c1-21(12-6-7-29(25,26)11-12)18(23)10-27-13-8-15(22)19-17(9-13)28-16-5-3-2-4-14(16)20(19)24/h2-5,8-9,12,22H,6-7,10-11H2,1H3/t12-/m0/s1. The van der Waals surface area contributed by atoms with Gasteiger partial charge >= 0.3 is 0 Å². The van der Waals surface area contributed by atoms with Crippen molar-refractivity contribution in [3.63, 3.8) is 0 Å². The summed E-state index contributed by atoms with van der Waals surface area (Å²) in [5.74, 6) is -0.507. The van der Waals surface area contributed by atoms with E-state index in [1.54, 1.807) is 31.3 Å². The summed E-state index contributed by atoms with van der Waals surface area (Å²) < 4.78 is 34.4. The second kappa shape index (κ2) is 7.07. The monoisotopic (exact) mass is 417 g/mol. The van der Waals surface area contributed by atoms with Gasteiger partial charge in [0, 0.05) is 25.2 Å². The number of amides is 1. The second-order valence-corrected chi connectivity index (χ2v) is 9.32. The molecule has 1 aliphatic heterocycles. The highest BCUT2D eigenvalue weighted by atomic mass is 32.2. The minimum atomic E-state index is -3.10. The third-order valence-corrected chi connectivity index (χ3v) is 6.90. The van der Waals surface area contributed by atoms with Crippen molar-refractivity contribution >= 4 is 37.7 Å². The molecular weight excluding hydrogens is 398 g/mol. The van der Waals surface area contributed by atoms with Gasteiger partial charge in [-0.15, -0.1) is 0 Å². The molecule has 9 heteroatoms. The van der Waals surface area contributed by atoms with Gasteiger partial charge in [0.15, 0.2) is 16.4 Å². The van der Waals surface area contributed by atoms with Crippen molar-refractivity contribution < 1.29 is 27.5 Å². The number of aromatic hydroxyl groups is 1. The molecule has 2 heterocycles. The maximum absolute atomic E-state index is 12.6. The first-order valence-electron chi connectivity index (χ1n) is 9.02. The van der Waals surface area contributed by atoms with Crippen LogP contribution in [0.15, 0.2) is 45.6 Å². The van der Waals surface area contributed by atoms with Crippen LogP contribution in [0.5, 0.6) is 11.5 Å². The second-order valence-electron chi connectivity index (χ2n) is 7.09. The molecule has 152 valence electrons. The summed E-state index contributed by atoms with van der Waals surface area (Å²) in [5.41, 5.74) is 0.162. The molecule has 3 aromatic rings. The van der Waals surface area contributed by atoms with Gasteiger partial charge in [0.1, 0.15) is 28.1 Å². The first-order chi connectivity index (χ1) is 13.7. The number of para-hydroxylation sites is 1. The predicted octanol–water partition coefficient (Wildman–Crippen LogP) is 1.68. The molecule has 2 aromatic carbocycles. The van der Waals surface area contributed by atoms with E-state index in [0.29, 0.717) is 17.4 Å². The van der Waals surface area contributed by atoms with Crippen LogP contribution in [0.1, 0.15) is 6.42 Å². The third kappa shape index (κ3) is 3.65. The molecule has 0 saturated carbocycles. The van der Waals surface area contributed by atoms with E-state index in [-0.39, 0.29) is 58.0 Å². The highest BCUT2D eigenvalue weighted by Crippen LogP contribution is 2.30. The topological polar surface area (TPSA) is 114 Å². The fourth-order valence-electron chi connectivity index (χ4n) is 3.50. The maximum Gasteiger partial charge on any atom is 0.260 e. The first-order valence-corrected chi connectivity index (χ1v) is 10.8. The summed E-state index contributed by atoms with van der Waals surface area (Å²) >= 11 is 0. The zero-order chi connectivity index (χ0) is 20.8. The van der Waals surface area contributed by atoms with Crippen molar-refractivity contribution in [3.8, 4) is 11.5 Å². The summed E-state index contributed by atoms with van der Waals surface area (Å²) in [7, 11) is -1.56. The Morgan fingerprint density at radius 3 is 2.76 bits per heavy atom. The maximum atomic E-state index is 12.6. The number of benzene rings is 2. The first kappa shape index (κ1) is 19.3. The summed E-state index contributed by atoms with van der Waals surface area (Å²) in [4.78, 5) is 26.3. The van der Waals surface area contributed by atoms with E-state index in [0.717, 1.165) is 0 Å². The van der Waals surface area contributed by atoms with E-state index in [1.165, 1.54) is 17.0 Å². The molecule has 1 atom stereocenters. The zero-order valence-electron chi connectivity index (χ0n) is 15.6. The van der Waals surface area contributed by atoms with Crippen LogP contribution in [0.25, 0.3) is 21.9 Å². The van der Waals surface area contributed by atoms with E-state index >= 15 is 0 Å². The van der Waals surface area contributed by atoms with Gasteiger partial charge in [0.2, 0.25) is 5.43 Å². The summed E-state index contributed by atoms with van der Waals surface area (Å²) in [6.07, 6.45) is 0.402. The highest BCUT2D eigenvalue weighted by molar-refractivity contribution is 7.91. The van der Waals surface area contributed by atoms with Crippen LogP contribution >= 0.6 is 0 Å². The lowest BCUT2D eigenvalue weighted by Crippen LogP contribution is -2.40. The van der Waals surface area contributed by atoms with E-state index in [1.807, 2.05) is 0 Å². The Labute approximate surface area is 166 Å². The Hall–Kier alpha value is -3.07. The molecule has 0 aliphatic carbocycles. The number of fused-ring (bicyclic) bond motifs is 2. The van der Waals surface area contributed by atoms with Crippen molar-refractivity contribution in [3.05, 3.63) is 46.6 Å². The minimum Gasteiger partial charge on any atom is -0.507 e. The summed E-state index contributed by atoms with van der Waals surface area (Å²) in [6, 6.07) is 9.02. The molecule has 1 amide bonds. The van der Waals surface area contributed by atoms with E-state index in [2.05, 4.69) is 0 Å². The number of sulfone groups is 1. The van der Waals surface area contributed by atoms with Gasteiger partial charge in [-0.1, -0.05) is 12.1 Å². The quantitative estimate of drug-likeness (QED) is 0.642. The number of phenols is 1. The Balaban J connectivity index is 1.56. The number of phenolic OH excluding ortho intramolecular Hbond substituents is 1. The van der Waals surface area contributed by atoms with Gasteiger partial charge in [0.05, 0.1) is 16.9 Å². The van der Waals surface area contributed by atoms with Crippen LogP contribution in [0, 0.1) is 0 Å². The lowest BCUT2D eigenvalue weighted by atomic mass is 10.1. The smallest absolute Gasteiger partial charge is 0.260 e. The molecule has 1 fully saturated rings. The number of carbonyl (C=O) groups excluding carboxylic acids is 1. The summed E-state index contributed by atoms with van der Waals surface area (Å²) in [5, 5.41) is 10.7. The third-order valence-electron chi connectivity index (χ3n) is 5.15. The number of hydrogen-bond acceptors (Lipinski definition) is 7. The molecule has 1 aromatic heterocycles. The largest absolute Gasteiger partial charge is 0.507 e. The molecule has 29 heavy (non-hydrogen) atoms. The van der Waals surface area contributed by atoms with Gasteiger partial charge in [0.25, 0.3) is 5.91 Å². The predicted molar refractivity (Wildman–Crippen MR) is 107 cm³/mol. The normalized spacial score (nSPS) is 18.2. The number of nitrogens with zero attached hydrogens (tertiary/aromatic N) is 1. The molecule has 8 nitrogen and oxygen atoms in total. The molecule has 4 rings (SSSR count). The van der Waals surface area contributed by atoms with Crippen LogP contribution in [0.3, 0.4) is 0 Å². The number of carbonyl (C=O) groups is 1. The molecule has 0 unspecified atom stereocenters. The SMILES string of the molecule is CN(C(=O)COc1cc(O)c2c(=O)c3ccccc3oc2c1)[C@H]1CCS(=O)(=O)C1. The molecular formula is C20H19NO7S. The molecule has 1 aliphatic rings. The molecule has 0 bridgehead atoms. The Kier molecular flexibility index (Phi) is 4.70. The zero-order valence-corrected chi connectivity index (χ0v) is 16.4. The Morgan fingerprint density at radius 1 is 1.28 bits per heavy atom. The lowest BCUT2D eigenvalue weighted by molar-refractivity contribution is -0.133. The Morgan fingerprint density at radius 2 is 2.03 bits per heavy atom. The van der Waals surface area contributed by atoms with Crippen molar-refractivity contribution in [1.82, 2.24) is 4.90 Å². The lowest BCUT2D eigenvalue weighted by Gasteiger charge is -2.23. The van der Waals surface area contributed by atoms with Crippen LogP contribution in [0.2, 0.25) is 0 Å². The number of ether oxygens (including phenoxy) is 1. The van der Waals surface area contributed by atoms with E-state index in [4.69, 9.17) is 9.15 Å². The minimum absolute atomic E-state index is 0.0376. The molecule has 0 spiro atoms. The fraction of sp³-hybridized carbons (Fsp3) is 0.300. The number of likely N-dealkylation sites (N-methyl/N-ethyl adjacent to an activating group) is 1. The Bertz CT molecular complexity index is 1280. The number of hydrogen-bond donors (Lipinski definition) is 1. The van der Waals surface area contributed by atoms with E-state index in [9.17, 15) is 23.1 Å². The van der Waals surface area contributed by atoms with Gasteiger partial charge in [-0.25, -0.2) is 8.42 Å². The van der Waals surface area contributed by atoms with Gasteiger partial charge < -0.3 is 19.2 Å². The van der Waals surface area contributed by atoms with Gasteiger partial charge in [-0.2, -0.15) is 0 Å². The number of rotatable bonds is 4. The van der Waals surface area contributed by atoms with Crippen molar-refractivity contribution in [2.75, 3.05) is 25.2 Å². The van der Waals surface area contributed by atoms with Crippen LogP contribution < -0.4 is 10.2 Å². The van der Waals surface area contributed by atoms with Crippen molar-refractivity contribution in [2.45, 2.75) is 12.5 Å². The summed E-state index contributed by atoms with van der Waals surface area (Å²) in [6.45, 7) is -0.337. The average molecular weight is 417 g/mol. The van der Waals surface area contributed by atoms with Gasteiger partial charge in [-0.05, 0) is 18.6 Å². The fourth-order valence-corrected chi connectivity index (χ4v) is 5.27. The molecule has 1 saturated heterocycles. The molecule has 1 N–H and O–H groups in total.